The summed E-state index contributed by atoms with van der Waals surface area (Å²) in [4.78, 5) is 24.5. The highest BCUT2D eigenvalue weighted by Gasteiger charge is 2.31. The Morgan fingerprint density at radius 3 is 2.73 bits per heavy atom. The maximum absolute atomic E-state index is 12.5. The van der Waals surface area contributed by atoms with Crippen LogP contribution >= 0.6 is 27.7 Å². The van der Waals surface area contributed by atoms with E-state index in [0.717, 1.165) is 10.0 Å². The molecule has 3 rings (SSSR count). The first-order valence-electron chi connectivity index (χ1n) is 6.99. The van der Waals surface area contributed by atoms with E-state index >= 15 is 0 Å². The normalized spacial score (nSPS) is 18.0. The van der Waals surface area contributed by atoms with Crippen LogP contribution in [0.3, 0.4) is 0 Å². The number of rotatable bonds is 2. The number of anilines is 1. The Labute approximate surface area is 140 Å². The van der Waals surface area contributed by atoms with E-state index in [-0.39, 0.29) is 22.8 Å². The summed E-state index contributed by atoms with van der Waals surface area (Å²) in [6.45, 7) is 3.93. The third-order valence-corrected chi connectivity index (χ3v) is 5.54. The van der Waals surface area contributed by atoms with Crippen LogP contribution in [-0.4, -0.2) is 21.4 Å². The Morgan fingerprint density at radius 2 is 2.05 bits per heavy atom. The molecule has 0 unspecified atom stereocenters. The van der Waals surface area contributed by atoms with Crippen LogP contribution in [0.2, 0.25) is 0 Å². The molecule has 1 aromatic carbocycles. The van der Waals surface area contributed by atoms with Crippen LogP contribution in [0.1, 0.15) is 36.3 Å². The van der Waals surface area contributed by atoms with E-state index in [1.807, 2.05) is 38.1 Å². The van der Waals surface area contributed by atoms with Gasteiger partial charge in [-0.05, 0) is 25.5 Å². The molecule has 1 amide bonds. The van der Waals surface area contributed by atoms with Gasteiger partial charge in [0, 0.05) is 10.5 Å². The Morgan fingerprint density at radius 1 is 1.32 bits per heavy atom. The molecule has 1 aliphatic heterocycles. The van der Waals surface area contributed by atoms with Crippen molar-refractivity contribution in [2.45, 2.75) is 25.1 Å². The number of thioether (sulfide) groups is 1. The molecule has 2 N–H and O–H groups in total. The smallest absolute Gasteiger partial charge is 0.270 e. The van der Waals surface area contributed by atoms with Gasteiger partial charge in [-0.25, -0.2) is 0 Å². The number of nitrogens with zero attached hydrogens (tertiary/aromatic N) is 1. The predicted octanol–water partition coefficient (Wildman–Crippen LogP) is 3.29. The molecule has 1 aliphatic rings. The first-order valence-corrected chi connectivity index (χ1v) is 8.83. The SMILES string of the molecule is CC(C)n1[nH]c(=O)c2c1NC(=O)CS[C@H]2c1ccccc1Br. The highest BCUT2D eigenvalue weighted by atomic mass is 79.9. The lowest BCUT2D eigenvalue weighted by Crippen LogP contribution is -2.17. The minimum atomic E-state index is -0.187. The zero-order valence-corrected chi connectivity index (χ0v) is 14.6. The Kier molecular flexibility index (Phi) is 4.18. The van der Waals surface area contributed by atoms with E-state index in [9.17, 15) is 9.59 Å². The lowest BCUT2D eigenvalue weighted by molar-refractivity contribution is -0.113. The van der Waals surface area contributed by atoms with E-state index in [0.29, 0.717) is 17.1 Å². The third-order valence-electron chi connectivity index (χ3n) is 3.57. The molecule has 0 aliphatic carbocycles. The summed E-state index contributed by atoms with van der Waals surface area (Å²) < 4.78 is 2.66. The molecule has 116 valence electrons. The van der Waals surface area contributed by atoms with Gasteiger partial charge in [-0.3, -0.25) is 19.4 Å². The van der Waals surface area contributed by atoms with E-state index in [4.69, 9.17) is 0 Å². The summed E-state index contributed by atoms with van der Waals surface area (Å²) in [6.07, 6.45) is 0. The molecule has 0 spiro atoms. The fraction of sp³-hybridized carbons (Fsp3) is 0.333. The second kappa shape index (κ2) is 5.96. The zero-order chi connectivity index (χ0) is 15.9. The van der Waals surface area contributed by atoms with Crippen LogP contribution in [-0.2, 0) is 4.79 Å². The largest absolute Gasteiger partial charge is 0.310 e. The van der Waals surface area contributed by atoms with Crippen LogP contribution in [0.15, 0.2) is 33.5 Å². The lowest BCUT2D eigenvalue weighted by atomic mass is 10.1. The zero-order valence-electron chi connectivity index (χ0n) is 12.2. The van der Waals surface area contributed by atoms with Crippen molar-refractivity contribution in [1.29, 1.82) is 0 Å². The number of amides is 1. The minimum Gasteiger partial charge on any atom is -0.310 e. The van der Waals surface area contributed by atoms with Gasteiger partial charge in [-0.1, -0.05) is 34.1 Å². The summed E-state index contributed by atoms with van der Waals surface area (Å²) in [5.41, 5.74) is 1.45. The molecule has 0 saturated heterocycles. The maximum atomic E-state index is 12.5. The van der Waals surface area contributed by atoms with Gasteiger partial charge in [-0.15, -0.1) is 11.8 Å². The Balaban J connectivity index is 2.22. The van der Waals surface area contributed by atoms with Crippen molar-refractivity contribution in [3.8, 4) is 0 Å². The van der Waals surface area contributed by atoms with Crippen molar-refractivity contribution in [3.05, 3.63) is 50.2 Å². The van der Waals surface area contributed by atoms with Crippen LogP contribution < -0.4 is 10.9 Å². The van der Waals surface area contributed by atoms with Gasteiger partial charge in [0.25, 0.3) is 5.56 Å². The molecule has 5 nitrogen and oxygen atoms in total. The fourth-order valence-corrected chi connectivity index (χ4v) is 4.39. The molecule has 1 aromatic heterocycles. The number of nitrogens with one attached hydrogen (secondary N) is 2. The van der Waals surface area contributed by atoms with E-state index in [1.54, 1.807) is 4.68 Å². The first kappa shape index (κ1) is 15.4. The molecule has 2 aromatic rings. The molecule has 1 atom stereocenters. The third kappa shape index (κ3) is 2.63. The average Bonchev–Trinajstić information content (AvgIpc) is 2.68. The standard InChI is InChI=1S/C15H16BrN3O2S/c1-8(2)19-14-12(15(21)18-19)13(22-7-11(20)17-14)9-5-3-4-6-10(9)16/h3-6,8,13H,7H2,1-2H3,(H,17,20)(H,18,21)/t13-/m0/s1. The summed E-state index contributed by atoms with van der Waals surface area (Å²) in [6, 6.07) is 7.85. The second-order valence-corrected chi connectivity index (χ2v) is 7.38. The highest BCUT2D eigenvalue weighted by molar-refractivity contribution is 9.10. The van der Waals surface area contributed by atoms with Gasteiger partial charge >= 0.3 is 0 Å². The van der Waals surface area contributed by atoms with Crippen molar-refractivity contribution < 1.29 is 4.79 Å². The number of hydrogen-bond acceptors (Lipinski definition) is 3. The van der Waals surface area contributed by atoms with Gasteiger partial charge in [0.05, 0.1) is 16.6 Å². The summed E-state index contributed by atoms with van der Waals surface area (Å²) >= 11 is 5.01. The first-order chi connectivity index (χ1) is 10.5. The number of H-pyrrole nitrogens is 1. The van der Waals surface area contributed by atoms with Crippen molar-refractivity contribution in [2.75, 3.05) is 11.1 Å². The maximum Gasteiger partial charge on any atom is 0.270 e. The minimum absolute atomic E-state index is 0.0553. The molecular weight excluding hydrogens is 366 g/mol. The number of aromatic nitrogens is 2. The van der Waals surface area contributed by atoms with Crippen LogP contribution in [0.4, 0.5) is 5.82 Å². The van der Waals surface area contributed by atoms with Crippen LogP contribution in [0.5, 0.6) is 0 Å². The molecule has 7 heteroatoms. The van der Waals surface area contributed by atoms with Crippen molar-refractivity contribution in [1.82, 2.24) is 9.78 Å². The van der Waals surface area contributed by atoms with E-state index in [1.165, 1.54) is 11.8 Å². The molecule has 0 bridgehead atoms. The van der Waals surface area contributed by atoms with Gasteiger partial charge in [0.15, 0.2) is 0 Å². The molecular formula is C15H16BrN3O2S. The summed E-state index contributed by atoms with van der Waals surface area (Å²) in [5.74, 6) is 0.808. The van der Waals surface area contributed by atoms with E-state index < -0.39 is 0 Å². The topological polar surface area (TPSA) is 66.9 Å². The highest BCUT2D eigenvalue weighted by Crippen LogP contribution is 2.42. The number of carbonyl (C=O) groups is 1. The molecule has 0 radical (unpaired) electrons. The van der Waals surface area contributed by atoms with Crippen molar-refractivity contribution in [3.63, 3.8) is 0 Å². The monoisotopic (exact) mass is 381 g/mol. The number of aromatic amines is 1. The Bertz CT molecular complexity index is 781. The molecule has 0 saturated carbocycles. The number of benzene rings is 1. The fourth-order valence-electron chi connectivity index (χ4n) is 2.56. The van der Waals surface area contributed by atoms with Gasteiger partial charge < -0.3 is 5.32 Å². The number of fused-ring (bicyclic) bond motifs is 1. The quantitative estimate of drug-likeness (QED) is 0.838. The van der Waals surface area contributed by atoms with Crippen molar-refractivity contribution >= 4 is 39.4 Å². The molecule has 22 heavy (non-hydrogen) atoms. The predicted molar refractivity (Wildman–Crippen MR) is 92.5 cm³/mol. The molecule has 2 heterocycles. The summed E-state index contributed by atoms with van der Waals surface area (Å²) in [7, 11) is 0. The van der Waals surface area contributed by atoms with Gasteiger partial charge in [-0.2, -0.15) is 0 Å². The number of halogens is 1. The average molecular weight is 382 g/mol. The van der Waals surface area contributed by atoms with Gasteiger partial charge in [0.1, 0.15) is 5.82 Å². The second-order valence-electron chi connectivity index (χ2n) is 5.43. The molecule has 0 fully saturated rings. The van der Waals surface area contributed by atoms with Crippen molar-refractivity contribution in [2.24, 2.45) is 0 Å². The lowest BCUT2D eigenvalue weighted by Gasteiger charge is -2.16. The van der Waals surface area contributed by atoms with E-state index in [2.05, 4.69) is 26.3 Å². The van der Waals surface area contributed by atoms with Crippen LogP contribution in [0.25, 0.3) is 0 Å². The van der Waals surface area contributed by atoms with Gasteiger partial charge in [0.2, 0.25) is 5.91 Å². The number of carbonyl (C=O) groups excluding carboxylic acids is 1. The summed E-state index contributed by atoms with van der Waals surface area (Å²) in [5, 5.41) is 5.52. The Hall–Kier alpha value is -1.47. The van der Waals surface area contributed by atoms with Crippen LogP contribution in [0, 0.1) is 0 Å². The number of hydrogen-bond donors (Lipinski definition) is 2.